The lowest BCUT2D eigenvalue weighted by atomic mass is 9.97. The second-order valence-corrected chi connectivity index (χ2v) is 9.19. The third-order valence-corrected chi connectivity index (χ3v) is 5.48. The number of rotatable bonds is 11. The van der Waals surface area contributed by atoms with Gasteiger partial charge in [0, 0.05) is 24.7 Å². The molecule has 0 saturated heterocycles. The van der Waals surface area contributed by atoms with Crippen molar-refractivity contribution in [1.82, 2.24) is 4.57 Å². The molecule has 1 heterocycles. The first-order valence-electron chi connectivity index (χ1n) is 9.69. The highest BCUT2D eigenvalue weighted by Crippen LogP contribution is 2.36. The van der Waals surface area contributed by atoms with Crippen LogP contribution in [0, 0.1) is 6.92 Å². The molecule has 8 heteroatoms. The fraction of sp³-hybridized carbons (Fsp3) is 0.476. The molecule has 0 saturated carbocycles. The van der Waals surface area contributed by atoms with Gasteiger partial charge in [0.15, 0.2) is 5.78 Å². The van der Waals surface area contributed by atoms with Crippen LogP contribution < -0.4 is 5.73 Å². The van der Waals surface area contributed by atoms with Crippen LogP contribution in [0.5, 0.6) is 0 Å². The maximum Gasteiger partial charge on any atom is 0.469 e. The van der Waals surface area contributed by atoms with Crippen molar-refractivity contribution in [2.45, 2.75) is 51.5 Å². The standard InChI is InChI=1S/C21H31N2O5P/c1-16-7-9-17(10-8-16)5-4-6-20(24)19-12-11-18(23(19)3)13-14-21(2,22)15-28-29(25,26)27/h7-12H,4-6,13-15,22H2,1-3H3,(H2,25,26,27). The molecule has 0 fully saturated rings. The minimum absolute atomic E-state index is 0.103. The van der Waals surface area contributed by atoms with Gasteiger partial charge < -0.3 is 20.1 Å². The monoisotopic (exact) mass is 422 g/mol. The number of phosphoric ester groups is 1. The van der Waals surface area contributed by atoms with Gasteiger partial charge in [-0.2, -0.15) is 0 Å². The molecule has 1 aromatic heterocycles. The summed E-state index contributed by atoms with van der Waals surface area (Å²) in [6, 6.07) is 12.1. The van der Waals surface area contributed by atoms with E-state index in [0.29, 0.717) is 25.0 Å². The van der Waals surface area contributed by atoms with Crippen molar-refractivity contribution in [2.75, 3.05) is 6.61 Å². The molecule has 2 rings (SSSR count). The number of hydrogen-bond acceptors (Lipinski definition) is 4. The number of hydrogen-bond donors (Lipinski definition) is 3. The Labute approximate surface area is 172 Å². The minimum atomic E-state index is -4.54. The van der Waals surface area contributed by atoms with Crippen LogP contribution in [0.2, 0.25) is 0 Å². The number of aromatic nitrogens is 1. The number of carbonyl (C=O) groups excluding carboxylic acids is 1. The van der Waals surface area contributed by atoms with Crippen LogP contribution in [-0.4, -0.2) is 32.3 Å². The van der Waals surface area contributed by atoms with Gasteiger partial charge in [-0.1, -0.05) is 29.8 Å². The van der Waals surface area contributed by atoms with Crippen LogP contribution in [0.1, 0.15) is 53.5 Å². The number of aryl methyl sites for hydroxylation is 3. The molecule has 7 nitrogen and oxygen atoms in total. The van der Waals surface area contributed by atoms with Crippen molar-refractivity contribution in [3.8, 4) is 0 Å². The summed E-state index contributed by atoms with van der Waals surface area (Å²) in [5, 5.41) is 0. The predicted molar refractivity (Wildman–Crippen MR) is 113 cm³/mol. The number of nitrogens with two attached hydrogens (primary N) is 1. The average molecular weight is 422 g/mol. The van der Waals surface area contributed by atoms with E-state index in [4.69, 9.17) is 15.5 Å². The van der Waals surface area contributed by atoms with Gasteiger partial charge in [-0.05, 0) is 57.2 Å². The van der Waals surface area contributed by atoms with Crippen LogP contribution in [0.25, 0.3) is 0 Å². The van der Waals surface area contributed by atoms with Gasteiger partial charge in [0.1, 0.15) is 0 Å². The highest BCUT2D eigenvalue weighted by Gasteiger charge is 2.25. The summed E-state index contributed by atoms with van der Waals surface area (Å²) in [7, 11) is -2.69. The largest absolute Gasteiger partial charge is 0.469 e. The van der Waals surface area contributed by atoms with Crippen LogP contribution in [0.4, 0.5) is 0 Å². The van der Waals surface area contributed by atoms with E-state index < -0.39 is 13.4 Å². The summed E-state index contributed by atoms with van der Waals surface area (Å²) >= 11 is 0. The Morgan fingerprint density at radius 2 is 1.83 bits per heavy atom. The number of carbonyl (C=O) groups is 1. The molecule has 0 bridgehead atoms. The normalized spacial score (nSPS) is 14.0. The Balaban J connectivity index is 1.86. The van der Waals surface area contributed by atoms with Crippen molar-refractivity contribution in [1.29, 1.82) is 0 Å². The van der Waals surface area contributed by atoms with E-state index in [1.54, 1.807) is 6.92 Å². The Hall–Kier alpha value is -1.76. The van der Waals surface area contributed by atoms with Crippen molar-refractivity contribution in [3.05, 3.63) is 58.9 Å². The second-order valence-electron chi connectivity index (χ2n) is 7.95. The maximum atomic E-state index is 12.6. The smallest absolute Gasteiger partial charge is 0.345 e. The summed E-state index contributed by atoms with van der Waals surface area (Å²) in [4.78, 5) is 30.2. The minimum Gasteiger partial charge on any atom is -0.345 e. The molecule has 0 aliphatic heterocycles. The summed E-state index contributed by atoms with van der Waals surface area (Å²) in [5.41, 5.74) is 9.25. The first-order chi connectivity index (χ1) is 13.5. The molecule has 4 N–H and O–H groups in total. The van der Waals surface area contributed by atoms with Crippen LogP contribution in [0.3, 0.4) is 0 Å². The third kappa shape index (κ3) is 7.88. The van der Waals surface area contributed by atoms with Crippen LogP contribution in [0.15, 0.2) is 36.4 Å². The molecule has 2 aromatic rings. The molecular weight excluding hydrogens is 391 g/mol. The Kier molecular flexibility index (Phi) is 7.97. The molecule has 0 aliphatic rings. The van der Waals surface area contributed by atoms with E-state index in [-0.39, 0.29) is 12.4 Å². The average Bonchev–Trinajstić information content (AvgIpc) is 3.00. The quantitative estimate of drug-likeness (QED) is 0.378. The molecule has 1 aromatic carbocycles. The van der Waals surface area contributed by atoms with E-state index in [2.05, 4.69) is 35.7 Å². The van der Waals surface area contributed by atoms with Crippen molar-refractivity contribution in [2.24, 2.45) is 12.8 Å². The van der Waals surface area contributed by atoms with E-state index in [9.17, 15) is 9.36 Å². The van der Waals surface area contributed by atoms with Crippen molar-refractivity contribution in [3.63, 3.8) is 0 Å². The topological polar surface area (TPSA) is 115 Å². The fourth-order valence-electron chi connectivity index (χ4n) is 3.14. The summed E-state index contributed by atoms with van der Waals surface area (Å²) < 4.78 is 17.2. The van der Waals surface area contributed by atoms with Crippen LogP contribution >= 0.6 is 7.82 Å². The first kappa shape index (κ1) is 23.5. The number of nitrogens with zero attached hydrogens (tertiary/aromatic N) is 1. The fourth-order valence-corrected chi connectivity index (χ4v) is 3.60. The van der Waals surface area contributed by atoms with Gasteiger partial charge in [-0.25, -0.2) is 4.57 Å². The zero-order chi connectivity index (χ0) is 21.7. The molecule has 0 aliphatic carbocycles. The van der Waals surface area contributed by atoms with Crippen molar-refractivity contribution < 1.29 is 23.7 Å². The van der Waals surface area contributed by atoms with Gasteiger partial charge >= 0.3 is 7.82 Å². The molecule has 0 radical (unpaired) electrons. The molecule has 29 heavy (non-hydrogen) atoms. The molecule has 0 amide bonds. The van der Waals surface area contributed by atoms with E-state index in [1.807, 2.05) is 23.7 Å². The number of ketones is 1. The third-order valence-electron chi connectivity index (χ3n) is 5.02. The molecule has 1 atom stereocenters. The zero-order valence-corrected chi connectivity index (χ0v) is 18.2. The maximum absolute atomic E-state index is 12.6. The predicted octanol–water partition coefficient (Wildman–Crippen LogP) is 3.30. The molecule has 160 valence electrons. The number of benzene rings is 1. The lowest BCUT2D eigenvalue weighted by Gasteiger charge is -2.24. The lowest BCUT2D eigenvalue weighted by molar-refractivity contribution is 0.0971. The van der Waals surface area contributed by atoms with Gasteiger partial charge in [-0.3, -0.25) is 9.32 Å². The highest BCUT2D eigenvalue weighted by atomic mass is 31.2. The van der Waals surface area contributed by atoms with Crippen molar-refractivity contribution >= 4 is 13.6 Å². The first-order valence-corrected chi connectivity index (χ1v) is 11.2. The van der Waals surface area contributed by atoms with E-state index in [1.165, 1.54) is 11.1 Å². The summed E-state index contributed by atoms with van der Waals surface area (Å²) in [5.74, 6) is 0.103. The van der Waals surface area contributed by atoms with E-state index in [0.717, 1.165) is 18.5 Å². The van der Waals surface area contributed by atoms with E-state index >= 15 is 0 Å². The SMILES string of the molecule is Cc1ccc(CCCC(=O)c2ccc(CCC(C)(N)COP(=O)(O)O)n2C)cc1. The summed E-state index contributed by atoms with van der Waals surface area (Å²) in [6.45, 7) is 3.49. The van der Waals surface area contributed by atoms with Crippen LogP contribution in [-0.2, 0) is 29.0 Å². The number of phosphoric acid groups is 1. The molecule has 1 unspecified atom stereocenters. The number of Topliss-reactive ketones (excluding diaryl/α,β-unsaturated/α-hetero) is 1. The van der Waals surface area contributed by atoms with Gasteiger partial charge in [0.25, 0.3) is 0 Å². The lowest BCUT2D eigenvalue weighted by Crippen LogP contribution is -2.41. The van der Waals surface area contributed by atoms with Gasteiger partial charge in [-0.15, -0.1) is 0 Å². The Morgan fingerprint density at radius 1 is 1.17 bits per heavy atom. The molecular formula is C21H31N2O5P. The molecule has 0 spiro atoms. The van der Waals surface area contributed by atoms with Gasteiger partial charge in [0.2, 0.25) is 0 Å². The zero-order valence-electron chi connectivity index (χ0n) is 17.3. The second kappa shape index (κ2) is 9.83. The summed E-state index contributed by atoms with van der Waals surface area (Å²) in [6.07, 6.45) is 3.18. The Morgan fingerprint density at radius 3 is 2.45 bits per heavy atom. The highest BCUT2D eigenvalue weighted by molar-refractivity contribution is 7.46. The van der Waals surface area contributed by atoms with Gasteiger partial charge in [0.05, 0.1) is 12.3 Å². The Bertz CT molecular complexity index is 868.